The number of ether oxygens (including phenoxy) is 1. The van der Waals surface area contributed by atoms with E-state index in [4.69, 9.17) is 22.0 Å². The molecule has 35 heavy (non-hydrogen) atoms. The van der Waals surface area contributed by atoms with Gasteiger partial charge >= 0.3 is 0 Å². The molecule has 0 aliphatic carbocycles. The van der Waals surface area contributed by atoms with E-state index >= 15 is 0 Å². The van der Waals surface area contributed by atoms with E-state index in [0.717, 1.165) is 25.9 Å². The van der Waals surface area contributed by atoms with Gasteiger partial charge in [-0.25, -0.2) is 19.2 Å². The molecule has 8 nitrogen and oxygen atoms in total. The fourth-order valence-electron chi connectivity index (χ4n) is 4.47. The molecule has 178 valence electrons. The largest absolute Gasteiger partial charge is 0.504 e. The molecule has 2 aromatic carbocycles. The number of hydrogen-bond acceptors (Lipinski definition) is 6. The van der Waals surface area contributed by atoms with Crippen molar-refractivity contribution in [3.05, 3.63) is 66.0 Å². The summed E-state index contributed by atoms with van der Waals surface area (Å²) in [5, 5.41) is 10.5. The van der Waals surface area contributed by atoms with Crippen molar-refractivity contribution in [2.75, 3.05) is 25.1 Å². The number of phenols is 1. The number of fused-ring (bicyclic) bond motifs is 1. The lowest BCUT2D eigenvalue weighted by molar-refractivity contribution is 0.361. The summed E-state index contributed by atoms with van der Waals surface area (Å²) in [4.78, 5) is 15.0. The summed E-state index contributed by atoms with van der Waals surface area (Å²) in [5.41, 5.74) is 8.96. The zero-order chi connectivity index (χ0) is 24.7. The highest BCUT2D eigenvalue weighted by Crippen LogP contribution is 2.40. The fraction of sp³-hybridized carbons (Fsp3) is 0.269. The number of hydrogen-bond donors (Lipinski definition) is 2. The molecule has 3 heterocycles. The van der Waals surface area contributed by atoms with Gasteiger partial charge in [0.15, 0.2) is 11.5 Å². The van der Waals surface area contributed by atoms with Crippen LogP contribution < -0.4 is 15.4 Å². The number of nitrogens with two attached hydrogens (primary N) is 1. The Morgan fingerprint density at radius 1 is 1.17 bits per heavy atom. The zero-order valence-electron chi connectivity index (χ0n) is 19.5. The minimum absolute atomic E-state index is 0.0301. The first-order chi connectivity index (χ1) is 16.8. The number of piperidine rings is 1. The van der Waals surface area contributed by atoms with E-state index in [-0.39, 0.29) is 17.0 Å². The van der Waals surface area contributed by atoms with Crippen molar-refractivity contribution in [1.82, 2.24) is 14.4 Å². The minimum Gasteiger partial charge on any atom is -0.504 e. The van der Waals surface area contributed by atoms with Crippen LogP contribution in [0.25, 0.3) is 32.9 Å². The van der Waals surface area contributed by atoms with Gasteiger partial charge in [0.25, 0.3) is 0 Å². The summed E-state index contributed by atoms with van der Waals surface area (Å²) in [6, 6.07) is 9.50. The van der Waals surface area contributed by atoms with Gasteiger partial charge in [-0.3, -0.25) is 4.40 Å². The topological polar surface area (TPSA) is 93.3 Å². The second-order valence-corrected chi connectivity index (χ2v) is 9.06. The summed E-state index contributed by atoms with van der Waals surface area (Å²) >= 11 is 0. The summed E-state index contributed by atoms with van der Waals surface area (Å²) in [6.07, 6.45) is 5.15. The van der Waals surface area contributed by atoms with Gasteiger partial charge in [0.2, 0.25) is 11.6 Å². The summed E-state index contributed by atoms with van der Waals surface area (Å²) in [5.74, 6) is 0.367. The van der Waals surface area contributed by atoms with Crippen LogP contribution >= 0.6 is 0 Å². The number of aromatic hydroxyl groups is 1. The zero-order valence-corrected chi connectivity index (χ0v) is 19.5. The van der Waals surface area contributed by atoms with Crippen LogP contribution in [0.3, 0.4) is 0 Å². The molecule has 0 unspecified atom stereocenters. The average Bonchev–Trinajstić information content (AvgIpc) is 3.33. The third kappa shape index (κ3) is 4.02. The van der Waals surface area contributed by atoms with Crippen molar-refractivity contribution >= 4 is 17.3 Å². The number of anilines is 1. The number of benzene rings is 2. The second-order valence-electron chi connectivity index (χ2n) is 9.06. The molecule has 1 aliphatic rings. The van der Waals surface area contributed by atoms with Gasteiger partial charge in [-0.1, -0.05) is 18.2 Å². The van der Waals surface area contributed by atoms with Gasteiger partial charge in [-0.15, -0.1) is 0 Å². The molecule has 2 aromatic heterocycles. The van der Waals surface area contributed by atoms with Crippen molar-refractivity contribution in [2.24, 2.45) is 5.73 Å². The van der Waals surface area contributed by atoms with Gasteiger partial charge in [0.1, 0.15) is 11.5 Å². The van der Waals surface area contributed by atoms with Crippen LogP contribution in [-0.2, 0) is 0 Å². The van der Waals surface area contributed by atoms with Crippen molar-refractivity contribution < 1.29 is 14.2 Å². The number of rotatable bonds is 4. The first kappa shape index (κ1) is 22.6. The molecular formula is C26H25FN6O2. The third-order valence-electron chi connectivity index (χ3n) is 6.53. The molecule has 9 heteroatoms. The Hall–Kier alpha value is -4.16. The number of methoxy groups -OCH3 is 1. The predicted octanol–water partition coefficient (Wildman–Crippen LogP) is 4.78. The van der Waals surface area contributed by atoms with Gasteiger partial charge < -0.3 is 20.5 Å². The van der Waals surface area contributed by atoms with Gasteiger partial charge in [-0.2, -0.15) is 0 Å². The highest BCUT2D eigenvalue weighted by atomic mass is 19.1. The highest BCUT2D eigenvalue weighted by molar-refractivity contribution is 5.92. The lowest BCUT2D eigenvalue weighted by Crippen LogP contribution is -2.48. The number of aromatic nitrogens is 3. The molecule has 4 aromatic rings. The number of nitrogens with zero attached hydrogens (tertiary/aromatic N) is 5. The first-order valence-electron chi connectivity index (χ1n) is 11.3. The predicted molar refractivity (Wildman–Crippen MR) is 132 cm³/mol. The maximum atomic E-state index is 14.7. The maximum absolute atomic E-state index is 14.7. The van der Waals surface area contributed by atoms with Gasteiger partial charge in [0, 0.05) is 36.6 Å². The van der Waals surface area contributed by atoms with Crippen LogP contribution in [0.1, 0.15) is 19.8 Å². The van der Waals surface area contributed by atoms with Crippen LogP contribution in [0.2, 0.25) is 0 Å². The van der Waals surface area contributed by atoms with Crippen LogP contribution in [0.4, 0.5) is 16.0 Å². The van der Waals surface area contributed by atoms with E-state index in [2.05, 4.69) is 21.7 Å². The van der Waals surface area contributed by atoms with Crippen LogP contribution in [0.5, 0.6) is 11.5 Å². The standard InChI is InChI=1S/C26H25FN6O2/c1-26(28)8-11-32(12-9-26)25-31-23(17-4-6-19(29-2)18(27)14-17)22(24-30-10-13-33(24)25)16-5-7-21(35-3)20(34)15-16/h4-7,10,13-15,34H,8-9,11-12,28H2,1,3H3. The van der Waals surface area contributed by atoms with E-state index in [0.29, 0.717) is 39.7 Å². The lowest BCUT2D eigenvalue weighted by Gasteiger charge is -2.37. The van der Waals surface area contributed by atoms with E-state index < -0.39 is 5.82 Å². The van der Waals surface area contributed by atoms with Crippen molar-refractivity contribution in [3.63, 3.8) is 0 Å². The Kier molecular flexibility index (Phi) is 5.53. The third-order valence-corrected chi connectivity index (χ3v) is 6.53. The smallest absolute Gasteiger partial charge is 0.222 e. The Morgan fingerprint density at radius 2 is 1.91 bits per heavy atom. The Labute approximate surface area is 202 Å². The van der Waals surface area contributed by atoms with Crippen molar-refractivity contribution in [2.45, 2.75) is 25.3 Å². The summed E-state index contributed by atoms with van der Waals surface area (Å²) in [7, 11) is 1.48. The van der Waals surface area contributed by atoms with Crippen LogP contribution in [-0.4, -0.2) is 45.2 Å². The van der Waals surface area contributed by atoms with Crippen LogP contribution in [0.15, 0.2) is 48.8 Å². The summed E-state index contributed by atoms with van der Waals surface area (Å²) < 4.78 is 21.8. The Balaban J connectivity index is 1.76. The normalized spacial score (nSPS) is 15.2. The summed E-state index contributed by atoms with van der Waals surface area (Å²) in [6.45, 7) is 10.7. The second kappa shape index (κ2) is 8.56. The first-order valence-corrected chi connectivity index (χ1v) is 11.3. The molecular weight excluding hydrogens is 447 g/mol. The van der Waals surface area contributed by atoms with Crippen molar-refractivity contribution in [1.29, 1.82) is 0 Å². The van der Waals surface area contributed by atoms with Gasteiger partial charge in [-0.05, 0) is 43.5 Å². The molecule has 1 aliphatic heterocycles. The average molecular weight is 473 g/mol. The fourth-order valence-corrected chi connectivity index (χ4v) is 4.47. The van der Waals surface area contributed by atoms with Crippen LogP contribution in [0, 0.1) is 12.4 Å². The molecule has 0 amide bonds. The van der Waals surface area contributed by atoms with E-state index in [1.165, 1.54) is 19.2 Å². The maximum Gasteiger partial charge on any atom is 0.222 e. The van der Waals surface area contributed by atoms with E-state index in [1.54, 1.807) is 30.5 Å². The molecule has 0 bridgehead atoms. The SMILES string of the molecule is [C-]#[N+]c1ccc(-c2nc(N3CCC(C)(N)CC3)n3ccnc3c2-c2ccc(OC)c(O)c2)cc1F. The highest BCUT2D eigenvalue weighted by Gasteiger charge is 2.29. The molecule has 1 saturated heterocycles. The Morgan fingerprint density at radius 3 is 2.57 bits per heavy atom. The lowest BCUT2D eigenvalue weighted by atomic mass is 9.91. The Bertz CT molecular complexity index is 1460. The molecule has 0 radical (unpaired) electrons. The number of phenolic OH excluding ortho intramolecular Hbond substituents is 1. The molecule has 1 fully saturated rings. The molecule has 5 rings (SSSR count). The van der Waals surface area contributed by atoms with Crippen molar-refractivity contribution in [3.8, 4) is 33.9 Å². The van der Waals surface area contributed by atoms with Gasteiger partial charge in [0.05, 0.1) is 24.9 Å². The number of halogens is 1. The molecule has 0 spiro atoms. The molecule has 0 saturated carbocycles. The molecule has 3 N–H and O–H groups in total. The number of imidazole rings is 1. The van der Waals surface area contributed by atoms with E-state index in [9.17, 15) is 9.50 Å². The minimum atomic E-state index is -0.621. The molecule has 0 atom stereocenters. The quantitative estimate of drug-likeness (QED) is 0.415. The monoisotopic (exact) mass is 472 g/mol. The van der Waals surface area contributed by atoms with E-state index in [1.807, 2.05) is 10.6 Å².